The van der Waals surface area contributed by atoms with Crippen molar-refractivity contribution in [2.75, 3.05) is 0 Å². The summed E-state index contributed by atoms with van der Waals surface area (Å²) in [7, 11) is 0. The van der Waals surface area contributed by atoms with Crippen molar-refractivity contribution in [1.82, 2.24) is 0 Å². The Balaban J connectivity index is 3.10. The zero-order valence-corrected chi connectivity index (χ0v) is 11.9. The smallest absolute Gasteiger partial charge is 0.168 e. The van der Waals surface area contributed by atoms with Gasteiger partial charge < -0.3 is 10.2 Å². The van der Waals surface area contributed by atoms with Crippen molar-refractivity contribution in [1.29, 1.82) is 0 Å². The van der Waals surface area contributed by atoms with E-state index in [-0.39, 0.29) is 12.2 Å². The molecular weight excluding hydrogens is 244 g/mol. The topological polar surface area (TPSA) is 74.6 Å². The standard InChI is InChI=1S/C15H22O4/c1-6-14(4,18)12(17)9-10-13(2,3)11(16)7-8-15(10,5)19/h6-8,10,18-19H,1,9H2,2-5H3/t10-,14-,15-/m0/s1. The number of carbonyl (C=O) groups excluding carboxylic acids is 2. The lowest BCUT2D eigenvalue weighted by Crippen LogP contribution is -2.51. The summed E-state index contributed by atoms with van der Waals surface area (Å²) in [5, 5.41) is 20.3. The maximum atomic E-state index is 12.1. The molecule has 0 aromatic heterocycles. The Morgan fingerprint density at radius 2 is 2.05 bits per heavy atom. The van der Waals surface area contributed by atoms with Gasteiger partial charge in [0.05, 0.1) is 5.60 Å². The number of hydrogen-bond donors (Lipinski definition) is 2. The SMILES string of the molecule is C=C[C@](C)(O)C(=O)C[C@H]1C(C)(C)C(=O)C=C[C@]1(C)O. The molecule has 0 unspecified atom stereocenters. The molecule has 0 heterocycles. The normalized spacial score (nSPS) is 32.7. The quantitative estimate of drug-likeness (QED) is 0.755. The summed E-state index contributed by atoms with van der Waals surface area (Å²) in [5.41, 5.74) is -3.76. The Morgan fingerprint density at radius 1 is 1.53 bits per heavy atom. The number of hydrogen-bond acceptors (Lipinski definition) is 4. The third kappa shape index (κ3) is 2.85. The third-order valence-electron chi connectivity index (χ3n) is 4.14. The van der Waals surface area contributed by atoms with Crippen LogP contribution in [-0.2, 0) is 9.59 Å². The van der Waals surface area contributed by atoms with Crippen LogP contribution in [0.15, 0.2) is 24.8 Å². The highest BCUT2D eigenvalue weighted by atomic mass is 16.3. The molecule has 1 aliphatic rings. The fourth-order valence-electron chi connectivity index (χ4n) is 2.45. The summed E-state index contributed by atoms with van der Waals surface area (Å²) in [6, 6.07) is 0. The van der Waals surface area contributed by atoms with E-state index in [0.29, 0.717) is 0 Å². The average molecular weight is 266 g/mol. The highest BCUT2D eigenvalue weighted by molar-refractivity contribution is 5.97. The molecule has 0 aromatic rings. The zero-order valence-electron chi connectivity index (χ0n) is 11.9. The highest BCUT2D eigenvalue weighted by Gasteiger charge is 2.49. The van der Waals surface area contributed by atoms with Gasteiger partial charge in [0.25, 0.3) is 0 Å². The lowest BCUT2D eigenvalue weighted by Gasteiger charge is -2.43. The molecule has 0 bridgehead atoms. The Kier molecular flexibility index (Phi) is 3.90. The largest absolute Gasteiger partial charge is 0.386 e. The van der Waals surface area contributed by atoms with Crippen molar-refractivity contribution >= 4 is 11.6 Å². The van der Waals surface area contributed by atoms with Crippen LogP contribution in [0.4, 0.5) is 0 Å². The van der Waals surface area contributed by atoms with Gasteiger partial charge in [-0.1, -0.05) is 26.5 Å². The highest BCUT2D eigenvalue weighted by Crippen LogP contribution is 2.43. The van der Waals surface area contributed by atoms with Gasteiger partial charge in [-0.15, -0.1) is 0 Å². The molecule has 0 saturated heterocycles. The number of rotatable bonds is 4. The number of ketones is 2. The van der Waals surface area contributed by atoms with E-state index in [9.17, 15) is 19.8 Å². The molecular formula is C15H22O4. The van der Waals surface area contributed by atoms with Gasteiger partial charge in [-0.25, -0.2) is 0 Å². The lowest BCUT2D eigenvalue weighted by atomic mass is 9.62. The van der Waals surface area contributed by atoms with Crippen LogP contribution < -0.4 is 0 Å². The van der Waals surface area contributed by atoms with Gasteiger partial charge in [0.1, 0.15) is 5.60 Å². The summed E-state index contributed by atoms with van der Waals surface area (Å²) < 4.78 is 0. The van der Waals surface area contributed by atoms with Gasteiger partial charge in [-0.05, 0) is 26.0 Å². The van der Waals surface area contributed by atoms with Gasteiger partial charge in [-0.3, -0.25) is 9.59 Å². The van der Waals surface area contributed by atoms with E-state index in [4.69, 9.17) is 0 Å². The molecule has 3 atom stereocenters. The molecule has 19 heavy (non-hydrogen) atoms. The van der Waals surface area contributed by atoms with Crippen LogP contribution in [-0.4, -0.2) is 33.0 Å². The lowest BCUT2D eigenvalue weighted by molar-refractivity contribution is -0.142. The first kappa shape index (κ1) is 15.8. The third-order valence-corrected chi connectivity index (χ3v) is 4.14. The van der Waals surface area contributed by atoms with E-state index in [1.807, 2.05) is 0 Å². The Bertz CT molecular complexity index is 441. The molecule has 0 saturated carbocycles. The molecule has 0 radical (unpaired) electrons. The van der Waals surface area contributed by atoms with Crippen molar-refractivity contribution in [2.45, 2.75) is 45.3 Å². The molecule has 0 aromatic carbocycles. The predicted molar refractivity (Wildman–Crippen MR) is 72.5 cm³/mol. The molecule has 0 fully saturated rings. The average Bonchev–Trinajstić information content (AvgIpc) is 2.30. The molecule has 1 aliphatic carbocycles. The van der Waals surface area contributed by atoms with Crippen molar-refractivity contribution < 1.29 is 19.8 Å². The van der Waals surface area contributed by atoms with Gasteiger partial charge in [0.2, 0.25) is 0 Å². The van der Waals surface area contributed by atoms with Crippen molar-refractivity contribution in [2.24, 2.45) is 11.3 Å². The minimum absolute atomic E-state index is 0.0882. The van der Waals surface area contributed by atoms with Gasteiger partial charge in [-0.2, -0.15) is 0 Å². The van der Waals surface area contributed by atoms with Crippen LogP contribution in [0.25, 0.3) is 0 Å². The fraction of sp³-hybridized carbons (Fsp3) is 0.600. The summed E-state index contributed by atoms with van der Waals surface area (Å²) in [6.45, 7) is 9.74. The van der Waals surface area contributed by atoms with Gasteiger partial charge in [0, 0.05) is 17.8 Å². The van der Waals surface area contributed by atoms with Crippen LogP contribution in [0.5, 0.6) is 0 Å². The van der Waals surface area contributed by atoms with E-state index in [1.165, 1.54) is 19.1 Å². The Labute approximate surface area is 113 Å². The molecule has 0 aliphatic heterocycles. The van der Waals surface area contributed by atoms with Crippen molar-refractivity contribution in [3.05, 3.63) is 24.8 Å². The van der Waals surface area contributed by atoms with Gasteiger partial charge >= 0.3 is 0 Å². The summed E-state index contributed by atoms with van der Waals surface area (Å²) in [6.07, 6.45) is 3.85. The van der Waals surface area contributed by atoms with E-state index >= 15 is 0 Å². The van der Waals surface area contributed by atoms with E-state index in [2.05, 4.69) is 6.58 Å². The number of allylic oxidation sites excluding steroid dienone is 1. The first-order chi connectivity index (χ1) is 8.45. The maximum Gasteiger partial charge on any atom is 0.168 e. The molecule has 1 rings (SSSR count). The molecule has 0 spiro atoms. The number of aliphatic hydroxyl groups is 2. The predicted octanol–water partition coefficient (Wildman–Crippen LogP) is 1.41. The molecule has 4 nitrogen and oxygen atoms in total. The second-order valence-electron chi connectivity index (χ2n) is 6.18. The first-order valence-electron chi connectivity index (χ1n) is 6.30. The zero-order chi connectivity index (χ0) is 15.1. The summed E-state index contributed by atoms with van der Waals surface area (Å²) >= 11 is 0. The second-order valence-corrected chi connectivity index (χ2v) is 6.18. The van der Waals surface area contributed by atoms with Crippen LogP contribution >= 0.6 is 0 Å². The van der Waals surface area contributed by atoms with E-state index in [0.717, 1.165) is 6.08 Å². The van der Waals surface area contributed by atoms with E-state index in [1.54, 1.807) is 20.8 Å². The van der Waals surface area contributed by atoms with Crippen LogP contribution in [0.3, 0.4) is 0 Å². The van der Waals surface area contributed by atoms with Crippen molar-refractivity contribution in [3.8, 4) is 0 Å². The summed E-state index contributed by atoms with van der Waals surface area (Å²) in [5.74, 6) is -1.17. The van der Waals surface area contributed by atoms with Crippen LogP contribution in [0, 0.1) is 11.3 Å². The Hall–Kier alpha value is -1.26. The van der Waals surface area contributed by atoms with Crippen molar-refractivity contribution in [3.63, 3.8) is 0 Å². The first-order valence-corrected chi connectivity index (χ1v) is 6.30. The second kappa shape index (κ2) is 4.69. The minimum atomic E-state index is -1.64. The fourth-order valence-corrected chi connectivity index (χ4v) is 2.45. The number of carbonyl (C=O) groups is 2. The minimum Gasteiger partial charge on any atom is -0.386 e. The molecule has 4 heteroatoms. The van der Waals surface area contributed by atoms with Crippen LogP contribution in [0.2, 0.25) is 0 Å². The molecule has 106 valence electrons. The molecule has 0 amide bonds. The van der Waals surface area contributed by atoms with Crippen LogP contribution in [0.1, 0.15) is 34.1 Å². The number of Topliss-reactive ketones (excluding diaryl/α,β-unsaturated/α-hetero) is 1. The summed E-state index contributed by atoms with van der Waals surface area (Å²) in [4.78, 5) is 24.0. The monoisotopic (exact) mass is 266 g/mol. The maximum absolute atomic E-state index is 12.1. The molecule has 2 N–H and O–H groups in total. The van der Waals surface area contributed by atoms with E-state index < -0.39 is 28.3 Å². The Morgan fingerprint density at radius 3 is 2.53 bits per heavy atom. The van der Waals surface area contributed by atoms with Gasteiger partial charge in [0.15, 0.2) is 11.6 Å².